The maximum absolute atomic E-state index is 8.34. The van der Waals surface area contributed by atoms with E-state index in [0.717, 1.165) is 13.2 Å². The first-order valence-corrected chi connectivity index (χ1v) is 4.10. The Labute approximate surface area is 70.6 Å². The molecule has 1 saturated carbocycles. The minimum atomic E-state index is 0.0980. The molecule has 2 atom stereocenters. The molecule has 12 heavy (non-hydrogen) atoms. The van der Waals surface area contributed by atoms with Gasteiger partial charge in [-0.2, -0.15) is 0 Å². The minimum Gasteiger partial charge on any atom is -0.381 e. The molecule has 1 heterocycles. The number of fused-ring (bicyclic) bond motifs is 1. The minimum absolute atomic E-state index is 0.0980. The lowest BCUT2D eigenvalue weighted by Crippen LogP contribution is -2.28. The van der Waals surface area contributed by atoms with Crippen molar-refractivity contribution >= 4 is 5.96 Å². The van der Waals surface area contributed by atoms with Crippen LogP contribution >= 0.6 is 0 Å². The molecule has 2 unspecified atom stereocenters. The van der Waals surface area contributed by atoms with E-state index >= 15 is 0 Å². The number of nitrogens with two attached hydrogens (primary N) is 1. The highest BCUT2D eigenvalue weighted by Gasteiger charge is 2.53. The highest BCUT2D eigenvalue weighted by Crippen LogP contribution is 2.50. The number of hydrogen-bond acceptors (Lipinski definition) is 3. The second kappa shape index (κ2) is 2.91. The Kier molecular flexibility index (Phi) is 1.90. The van der Waals surface area contributed by atoms with Gasteiger partial charge in [-0.25, -0.2) is 5.48 Å². The van der Waals surface area contributed by atoms with Gasteiger partial charge in [0.05, 0.1) is 13.2 Å². The Bertz CT molecular complexity index is 197. The van der Waals surface area contributed by atoms with Gasteiger partial charge < -0.3 is 10.5 Å². The van der Waals surface area contributed by atoms with Crippen LogP contribution < -0.4 is 11.2 Å². The smallest absolute Gasteiger partial charge is 0.212 e. The molecule has 0 aromatic carbocycles. The Morgan fingerprint density at radius 1 is 1.58 bits per heavy atom. The molecule has 5 heteroatoms. The maximum Gasteiger partial charge on any atom is 0.212 e. The zero-order valence-electron chi connectivity index (χ0n) is 6.73. The summed E-state index contributed by atoms with van der Waals surface area (Å²) in [6.07, 6.45) is 0. The van der Waals surface area contributed by atoms with Crippen molar-refractivity contribution in [3.63, 3.8) is 0 Å². The van der Waals surface area contributed by atoms with Gasteiger partial charge >= 0.3 is 0 Å². The third-order valence-corrected chi connectivity index (χ3v) is 2.72. The Morgan fingerprint density at radius 3 is 2.83 bits per heavy atom. The van der Waals surface area contributed by atoms with Gasteiger partial charge in [-0.3, -0.25) is 10.2 Å². The number of nitrogens with zero attached hydrogens (tertiary/aromatic N) is 1. The maximum atomic E-state index is 8.34. The van der Waals surface area contributed by atoms with Crippen LogP contribution in [0, 0.1) is 17.8 Å². The van der Waals surface area contributed by atoms with Gasteiger partial charge in [-0.1, -0.05) is 0 Å². The van der Waals surface area contributed by atoms with Gasteiger partial charge in [-0.05, 0) is 17.8 Å². The van der Waals surface area contributed by atoms with Crippen molar-refractivity contribution in [1.29, 1.82) is 0 Å². The van der Waals surface area contributed by atoms with Crippen molar-refractivity contribution in [3.05, 3.63) is 0 Å². The number of ether oxygens (including phenoxy) is 1. The summed E-state index contributed by atoms with van der Waals surface area (Å²) in [5, 5.41) is 8.34. The van der Waals surface area contributed by atoms with E-state index in [-0.39, 0.29) is 5.96 Å². The molecule has 0 bridgehead atoms. The summed E-state index contributed by atoms with van der Waals surface area (Å²) in [5.41, 5.74) is 7.07. The fraction of sp³-hybridized carbons (Fsp3) is 0.857. The third-order valence-electron chi connectivity index (χ3n) is 2.72. The Hall–Kier alpha value is -0.810. The van der Waals surface area contributed by atoms with E-state index in [2.05, 4.69) is 4.99 Å². The molecule has 2 fully saturated rings. The number of aliphatic imine (C=N–C) groups is 1. The average molecular weight is 171 g/mol. The van der Waals surface area contributed by atoms with Gasteiger partial charge in [0.25, 0.3) is 0 Å². The highest BCUT2D eigenvalue weighted by atomic mass is 16.5. The van der Waals surface area contributed by atoms with E-state index in [1.807, 2.05) is 5.48 Å². The summed E-state index contributed by atoms with van der Waals surface area (Å²) >= 11 is 0. The lowest BCUT2D eigenvalue weighted by Gasteiger charge is -2.00. The van der Waals surface area contributed by atoms with E-state index in [0.29, 0.717) is 24.3 Å². The number of hydroxylamine groups is 1. The highest BCUT2D eigenvalue weighted by molar-refractivity contribution is 5.76. The summed E-state index contributed by atoms with van der Waals surface area (Å²) in [6, 6.07) is 0. The lowest BCUT2D eigenvalue weighted by molar-refractivity contribution is 0.152. The fourth-order valence-electron chi connectivity index (χ4n) is 1.87. The largest absolute Gasteiger partial charge is 0.381 e. The van der Waals surface area contributed by atoms with Gasteiger partial charge in [0.1, 0.15) is 0 Å². The van der Waals surface area contributed by atoms with E-state index in [9.17, 15) is 0 Å². The number of nitrogens with one attached hydrogen (secondary N) is 1. The van der Waals surface area contributed by atoms with Crippen LogP contribution in [0.2, 0.25) is 0 Å². The quantitative estimate of drug-likeness (QED) is 0.288. The summed E-state index contributed by atoms with van der Waals surface area (Å²) < 4.78 is 5.23. The third kappa shape index (κ3) is 1.25. The molecule has 0 radical (unpaired) electrons. The van der Waals surface area contributed by atoms with Gasteiger partial charge in [0, 0.05) is 6.54 Å². The molecular formula is C7H13N3O2. The predicted octanol–water partition coefficient (Wildman–Crippen LogP) is -0.828. The lowest BCUT2D eigenvalue weighted by atomic mass is 10.3. The van der Waals surface area contributed by atoms with Crippen molar-refractivity contribution in [2.45, 2.75) is 0 Å². The second-order valence-corrected chi connectivity index (χ2v) is 3.37. The number of hydrogen-bond donors (Lipinski definition) is 3. The molecule has 0 aromatic heterocycles. The summed E-state index contributed by atoms with van der Waals surface area (Å²) in [7, 11) is 0. The summed E-state index contributed by atoms with van der Waals surface area (Å²) in [6.45, 7) is 2.45. The van der Waals surface area contributed by atoms with Crippen LogP contribution in [0.3, 0.4) is 0 Å². The van der Waals surface area contributed by atoms with E-state index in [4.69, 9.17) is 15.7 Å². The zero-order chi connectivity index (χ0) is 8.55. The topological polar surface area (TPSA) is 79.9 Å². The molecule has 2 aliphatic rings. The molecule has 68 valence electrons. The average Bonchev–Trinajstić information content (AvgIpc) is 2.55. The Morgan fingerprint density at radius 2 is 2.25 bits per heavy atom. The molecular weight excluding hydrogens is 158 g/mol. The van der Waals surface area contributed by atoms with Crippen molar-refractivity contribution in [2.24, 2.45) is 28.5 Å². The first kappa shape index (κ1) is 7.82. The van der Waals surface area contributed by atoms with Crippen LogP contribution in [0.15, 0.2) is 4.99 Å². The number of rotatable bonds is 2. The van der Waals surface area contributed by atoms with Crippen molar-refractivity contribution in [1.82, 2.24) is 5.48 Å². The molecule has 5 nitrogen and oxygen atoms in total. The monoisotopic (exact) mass is 171 g/mol. The second-order valence-electron chi connectivity index (χ2n) is 3.37. The Balaban J connectivity index is 1.76. The van der Waals surface area contributed by atoms with Crippen LogP contribution in [0.25, 0.3) is 0 Å². The summed E-state index contributed by atoms with van der Waals surface area (Å²) in [5.74, 6) is 2.12. The molecule has 2 rings (SSSR count). The van der Waals surface area contributed by atoms with Crippen molar-refractivity contribution in [3.8, 4) is 0 Å². The standard InChI is InChI=1S/C7H13N3O2/c8-7(10-11)9-1-4-5-2-12-3-6(4)5/h4-6,11H,1-3H2,(H3,8,9,10). The SMILES string of the molecule is NC(=NCC1C2COCC12)NO. The van der Waals surface area contributed by atoms with Crippen molar-refractivity contribution < 1.29 is 9.94 Å². The van der Waals surface area contributed by atoms with Crippen LogP contribution in [-0.4, -0.2) is 30.9 Å². The predicted molar refractivity (Wildman–Crippen MR) is 42.7 cm³/mol. The van der Waals surface area contributed by atoms with Crippen LogP contribution in [0.1, 0.15) is 0 Å². The molecule has 0 spiro atoms. The van der Waals surface area contributed by atoms with E-state index in [1.54, 1.807) is 0 Å². The molecule has 1 aliphatic heterocycles. The van der Waals surface area contributed by atoms with Crippen LogP contribution in [-0.2, 0) is 4.74 Å². The fourth-order valence-corrected chi connectivity index (χ4v) is 1.87. The van der Waals surface area contributed by atoms with Crippen LogP contribution in [0.5, 0.6) is 0 Å². The molecule has 4 N–H and O–H groups in total. The van der Waals surface area contributed by atoms with E-state index < -0.39 is 0 Å². The number of guanidine groups is 1. The molecule has 0 amide bonds. The molecule has 1 aliphatic carbocycles. The van der Waals surface area contributed by atoms with Crippen molar-refractivity contribution in [2.75, 3.05) is 19.8 Å². The molecule has 1 saturated heterocycles. The normalized spacial score (nSPS) is 39.4. The van der Waals surface area contributed by atoms with Gasteiger partial charge in [-0.15, -0.1) is 0 Å². The van der Waals surface area contributed by atoms with Crippen LogP contribution in [0.4, 0.5) is 0 Å². The first-order valence-electron chi connectivity index (χ1n) is 4.10. The first-order chi connectivity index (χ1) is 5.83. The van der Waals surface area contributed by atoms with E-state index in [1.165, 1.54) is 0 Å². The zero-order valence-corrected chi connectivity index (χ0v) is 6.73. The van der Waals surface area contributed by atoms with Gasteiger partial charge in [0.2, 0.25) is 5.96 Å². The van der Waals surface area contributed by atoms with Gasteiger partial charge in [0.15, 0.2) is 0 Å². The molecule has 0 aromatic rings. The summed E-state index contributed by atoms with van der Waals surface area (Å²) in [4.78, 5) is 3.96.